The van der Waals surface area contributed by atoms with Gasteiger partial charge in [0.15, 0.2) is 0 Å². The summed E-state index contributed by atoms with van der Waals surface area (Å²) in [7, 11) is 0. The fourth-order valence-corrected chi connectivity index (χ4v) is 3.12. The van der Waals surface area contributed by atoms with Gasteiger partial charge in [-0.05, 0) is 31.6 Å². The number of aliphatic hydroxyl groups excluding tert-OH is 1. The lowest BCUT2D eigenvalue weighted by molar-refractivity contribution is -0.122. The fraction of sp³-hybridized carbons (Fsp3) is 0.812. The van der Waals surface area contributed by atoms with Crippen LogP contribution in [0, 0.1) is 5.92 Å². The summed E-state index contributed by atoms with van der Waals surface area (Å²) in [6.07, 6.45) is 6.64. The van der Waals surface area contributed by atoms with Crippen molar-refractivity contribution in [1.82, 2.24) is 19.7 Å². The Morgan fingerprint density at radius 2 is 2.17 bits per heavy atom. The number of hydrogen-bond acceptors (Lipinski definition) is 4. The number of nitrogens with zero attached hydrogens (tertiary/aromatic N) is 3. The van der Waals surface area contributed by atoms with Crippen LogP contribution in [0.15, 0.2) is 4.79 Å². The lowest BCUT2D eigenvalue weighted by Crippen LogP contribution is -2.36. The maximum Gasteiger partial charge on any atom is 0.346 e. The number of carbonyl (C=O) groups excluding carboxylic acids is 1. The summed E-state index contributed by atoms with van der Waals surface area (Å²) < 4.78 is 2.97. The van der Waals surface area contributed by atoms with Crippen molar-refractivity contribution in [2.45, 2.75) is 65.0 Å². The Labute approximate surface area is 136 Å². The lowest BCUT2D eigenvalue weighted by Gasteiger charge is -2.15. The zero-order valence-corrected chi connectivity index (χ0v) is 14.0. The Morgan fingerprint density at radius 1 is 1.35 bits per heavy atom. The molecule has 1 aliphatic rings. The molecular weight excluding hydrogens is 296 g/mol. The molecule has 0 fully saturated rings. The van der Waals surface area contributed by atoms with Crippen LogP contribution in [-0.4, -0.2) is 38.5 Å². The number of nitrogens with one attached hydrogen (secondary N) is 1. The van der Waals surface area contributed by atoms with E-state index in [9.17, 15) is 9.59 Å². The third-order valence-electron chi connectivity index (χ3n) is 4.40. The molecule has 1 amide bonds. The number of aryl methyl sites for hydroxylation is 1. The number of carbonyl (C=O) groups is 1. The summed E-state index contributed by atoms with van der Waals surface area (Å²) in [5, 5.41) is 16.2. The van der Waals surface area contributed by atoms with E-state index in [0.29, 0.717) is 19.5 Å². The molecule has 0 radical (unpaired) electrons. The van der Waals surface area contributed by atoms with Crippen molar-refractivity contribution in [2.24, 2.45) is 5.92 Å². The van der Waals surface area contributed by atoms with Crippen LogP contribution >= 0.6 is 0 Å². The van der Waals surface area contributed by atoms with Crippen LogP contribution in [0.2, 0.25) is 0 Å². The van der Waals surface area contributed by atoms with Gasteiger partial charge in [0, 0.05) is 26.1 Å². The minimum atomic E-state index is -0.195. The molecule has 0 aromatic carbocycles. The SMILES string of the molecule is CCCC(CCO)CNC(=O)Cn1nc2n(c1=O)CCCCC2. The quantitative estimate of drug-likeness (QED) is 0.736. The minimum absolute atomic E-state index is 0.0309. The minimum Gasteiger partial charge on any atom is -0.396 e. The number of fused-ring (bicyclic) bond motifs is 1. The summed E-state index contributed by atoms with van der Waals surface area (Å²) >= 11 is 0. The van der Waals surface area contributed by atoms with E-state index in [0.717, 1.165) is 44.3 Å². The number of rotatable bonds is 8. The maximum atomic E-state index is 12.3. The molecule has 1 aromatic heterocycles. The van der Waals surface area contributed by atoms with Crippen LogP contribution in [0.5, 0.6) is 0 Å². The molecule has 0 saturated heterocycles. The zero-order valence-electron chi connectivity index (χ0n) is 14.0. The molecule has 0 saturated carbocycles. The Kier molecular flexibility index (Phi) is 6.83. The summed E-state index contributed by atoms with van der Waals surface area (Å²) in [6.45, 7) is 3.43. The molecule has 23 heavy (non-hydrogen) atoms. The predicted molar refractivity (Wildman–Crippen MR) is 87.2 cm³/mol. The number of amides is 1. The van der Waals surface area contributed by atoms with E-state index in [1.807, 2.05) is 0 Å². The molecule has 2 heterocycles. The second-order valence-corrected chi connectivity index (χ2v) is 6.29. The van der Waals surface area contributed by atoms with E-state index in [2.05, 4.69) is 17.3 Å². The van der Waals surface area contributed by atoms with Crippen LogP contribution in [0.1, 0.15) is 51.3 Å². The third kappa shape index (κ3) is 4.92. The molecule has 1 unspecified atom stereocenters. The normalized spacial score (nSPS) is 15.7. The van der Waals surface area contributed by atoms with E-state index < -0.39 is 0 Å². The molecule has 0 spiro atoms. The van der Waals surface area contributed by atoms with Gasteiger partial charge in [-0.25, -0.2) is 9.48 Å². The first-order chi connectivity index (χ1) is 11.2. The summed E-state index contributed by atoms with van der Waals surface area (Å²) in [4.78, 5) is 24.4. The van der Waals surface area contributed by atoms with E-state index in [-0.39, 0.29) is 30.7 Å². The van der Waals surface area contributed by atoms with Crippen molar-refractivity contribution < 1.29 is 9.90 Å². The fourth-order valence-electron chi connectivity index (χ4n) is 3.12. The number of hydrogen-bond donors (Lipinski definition) is 2. The van der Waals surface area contributed by atoms with Crippen molar-refractivity contribution in [3.8, 4) is 0 Å². The number of aromatic nitrogens is 3. The van der Waals surface area contributed by atoms with Crippen molar-refractivity contribution in [3.05, 3.63) is 16.3 Å². The molecule has 2 rings (SSSR count). The van der Waals surface area contributed by atoms with Crippen molar-refractivity contribution in [3.63, 3.8) is 0 Å². The van der Waals surface area contributed by atoms with Gasteiger partial charge in [0.25, 0.3) is 0 Å². The topological polar surface area (TPSA) is 89.2 Å². The first-order valence-corrected chi connectivity index (χ1v) is 8.69. The highest BCUT2D eigenvalue weighted by atomic mass is 16.3. The van der Waals surface area contributed by atoms with E-state index in [1.165, 1.54) is 4.68 Å². The maximum absolute atomic E-state index is 12.3. The molecule has 0 bridgehead atoms. The Balaban J connectivity index is 1.91. The van der Waals surface area contributed by atoms with Gasteiger partial charge < -0.3 is 10.4 Å². The van der Waals surface area contributed by atoms with Gasteiger partial charge in [0.05, 0.1) is 0 Å². The van der Waals surface area contributed by atoms with E-state index >= 15 is 0 Å². The average Bonchev–Trinajstić information content (AvgIpc) is 2.70. The summed E-state index contributed by atoms with van der Waals surface area (Å²) in [5.74, 6) is 0.883. The third-order valence-corrected chi connectivity index (χ3v) is 4.40. The average molecular weight is 324 g/mol. The van der Waals surface area contributed by atoms with Crippen molar-refractivity contribution in [1.29, 1.82) is 0 Å². The molecule has 2 N–H and O–H groups in total. The number of aliphatic hydroxyl groups is 1. The van der Waals surface area contributed by atoms with Gasteiger partial charge >= 0.3 is 5.69 Å². The molecular formula is C16H28N4O3. The van der Waals surface area contributed by atoms with Crippen LogP contribution in [0.25, 0.3) is 0 Å². The van der Waals surface area contributed by atoms with Crippen molar-refractivity contribution >= 4 is 5.91 Å². The van der Waals surface area contributed by atoms with Gasteiger partial charge in [-0.1, -0.05) is 19.8 Å². The molecule has 7 heteroatoms. The standard InChI is InChI=1S/C16H28N4O3/c1-2-6-13(8-10-21)11-17-15(22)12-20-16(23)19-9-5-3-4-7-14(19)18-20/h13,21H,2-12H2,1H3,(H,17,22). The highest BCUT2D eigenvalue weighted by Gasteiger charge is 2.17. The van der Waals surface area contributed by atoms with Gasteiger partial charge in [0.2, 0.25) is 5.91 Å². The second-order valence-electron chi connectivity index (χ2n) is 6.29. The van der Waals surface area contributed by atoms with Gasteiger partial charge in [-0.15, -0.1) is 0 Å². The monoisotopic (exact) mass is 324 g/mol. The zero-order chi connectivity index (χ0) is 16.7. The summed E-state index contributed by atoms with van der Waals surface area (Å²) in [5.41, 5.74) is -0.183. The smallest absolute Gasteiger partial charge is 0.346 e. The van der Waals surface area contributed by atoms with Crippen LogP contribution < -0.4 is 11.0 Å². The highest BCUT2D eigenvalue weighted by Crippen LogP contribution is 2.11. The molecule has 1 aliphatic heterocycles. The Hall–Kier alpha value is -1.63. The largest absolute Gasteiger partial charge is 0.396 e. The molecule has 7 nitrogen and oxygen atoms in total. The van der Waals surface area contributed by atoms with Gasteiger partial charge in [-0.3, -0.25) is 9.36 Å². The van der Waals surface area contributed by atoms with E-state index in [1.54, 1.807) is 4.57 Å². The Bertz CT molecular complexity index is 558. The van der Waals surface area contributed by atoms with Crippen LogP contribution in [0.4, 0.5) is 0 Å². The molecule has 0 aliphatic carbocycles. The lowest BCUT2D eigenvalue weighted by atomic mass is 10.0. The van der Waals surface area contributed by atoms with E-state index in [4.69, 9.17) is 5.11 Å². The summed E-state index contributed by atoms with van der Waals surface area (Å²) in [6, 6.07) is 0. The molecule has 1 aromatic rings. The predicted octanol–water partition coefficient (Wildman–Crippen LogP) is 0.686. The van der Waals surface area contributed by atoms with Gasteiger partial charge in [-0.2, -0.15) is 5.10 Å². The highest BCUT2D eigenvalue weighted by molar-refractivity contribution is 5.75. The van der Waals surface area contributed by atoms with Crippen LogP contribution in [0.3, 0.4) is 0 Å². The van der Waals surface area contributed by atoms with Crippen LogP contribution in [-0.2, 0) is 24.3 Å². The molecule has 130 valence electrons. The van der Waals surface area contributed by atoms with Crippen molar-refractivity contribution in [2.75, 3.05) is 13.2 Å². The van der Waals surface area contributed by atoms with Gasteiger partial charge in [0.1, 0.15) is 12.4 Å². The Morgan fingerprint density at radius 3 is 2.91 bits per heavy atom. The first kappa shape index (κ1) is 17.7. The molecule has 1 atom stereocenters. The first-order valence-electron chi connectivity index (χ1n) is 8.69. The second kappa shape index (κ2) is 8.86.